The van der Waals surface area contributed by atoms with E-state index in [0.29, 0.717) is 11.3 Å². The normalized spacial score (nSPS) is 10.1. The summed E-state index contributed by atoms with van der Waals surface area (Å²) in [7, 11) is 0. The maximum absolute atomic E-state index is 13.3. The highest BCUT2D eigenvalue weighted by atomic mass is 35.5. The van der Waals surface area contributed by atoms with Crippen molar-refractivity contribution in [3.63, 3.8) is 0 Å². The van der Waals surface area contributed by atoms with Gasteiger partial charge in [0.1, 0.15) is 10.8 Å². The molecule has 0 spiro atoms. The fourth-order valence-corrected chi connectivity index (χ4v) is 1.84. The number of thiocarbonyl (C=S) groups is 1. The molecule has 0 radical (unpaired) electrons. The van der Waals surface area contributed by atoms with Crippen molar-refractivity contribution in [1.29, 1.82) is 0 Å². The first-order chi connectivity index (χ1) is 9.47. The van der Waals surface area contributed by atoms with E-state index < -0.39 is 11.7 Å². The number of hydrogen-bond acceptors (Lipinski definition) is 2. The number of amides is 1. The Hall–Kier alpha value is -1.98. The zero-order chi connectivity index (χ0) is 14.7. The van der Waals surface area contributed by atoms with Crippen LogP contribution in [0.25, 0.3) is 0 Å². The number of anilines is 1. The van der Waals surface area contributed by atoms with E-state index in [4.69, 9.17) is 29.6 Å². The van der Waals surface area contributed by atoms with E-state index in [1.807, 2.05) is 0 Å². The third kappa shape index (κ3) is 3.31. The molecule has 3 N–H and O–H groups in total. The van der Waals surface area contributed by atoms with Crippen LogP contribution in [-0.4, -0.2) is 10.9 Å². The van der Waals surface area contributed by atoms with Crippen LogP contribution in [0.1, 0.15) is 15.9 Å². The first-order valence-electron chi connectivity index (χ1n) is 5.63. The van der Waals surface area contributed by atoms with Crippen LogP contribution in [0.2, 0.25) is 5.02 Å². The van der Waals surface area contributed by atoms with E-state index in [1.165, 1.54) is 12.1 Å². The van der Waals surface area contributed by atoms with E-state index >= 15 is 0 Å². The van der Waals surface area contributed by atoms with Crippen molar-refractivity contribution in [2.24, 2.45) is 5.73 Å². The molecule has 0 unspecified atom stereocenters. The SMILES string of the molecule is NC(=S)c1cccc(NC(=O)c2ccc(Cl)c(F)c2)c1. The molecule has 0 aliphatic rings. The summed E-state index contributed by atoms with van der Waals surface area (Å²) in [6.45, 7) is 0. The Morgan fingerprint density at radius 3 is 2.60 bits per heavy atom. The summed E-state index contributed by atoms with van der Waals surface area (Å²) < 4.78 is 13.3. The molecule has 0 heterocycles. The van der Waals surface area contributed by atoms with Crippen molar-refractivity contribution >= 4 is 40.4 Å². The van der Waals surface area contributed by atoms with Crippen molar-refractivity contribution < 1.29 is 9.18 Å². The minimum absolute atomic E-state index is 0.0305. The molecule has 2 aromatic rings. The minimum atomic E-state index is -0.642. The number of carbonyl (C=O) groups is 1. The topological polar surface area (TPSA) is 55.1 Å². The number of hydrogen-bond donors (Lipinski definition) is 2. The lowest BCUT2D eigenvalue weighted by Gasteiger charge is -2.07. The van der Waals surface area contributed by atoms with Gasteiger partial charge in [0.05, 0.1) is 5.02 Å². The van der Waals surface area contributed by atoms with Crippen molar-refractivity contribution in [3.8, 4) is 0 Å². The molecular weight excluding hydrogens is 299 g/mol. The molecule has 0 aliphatic heterocycles. The van der Waals surface area contributed by atoms with Crippen LogP contribution in [0, 0.1) is 5.82 Å². The molecule has 6 heteroatoms. The monoisotopic (exact) mass is 308 g/mol. The van der Waals surface area contributed by atoms with E-state index in [9.17, 15) is 9.18 Å². The molecule has 0 saturated heterocycles. The Kier molecular flexibility index (Phi) is 4.32. The van der Waals surface area contributed by atoms with E-state index in [2.05, 4.69) is 5.32 Å². The average Bonchev–Trinajstić information content (AvgIpc) is 2.42. The van der Waals surface area contributed by atoms with E-state index in [0.717, 1.165) is 6.07 Å². The van der Waals surface area contributed by atoms with Gasteiger partial charge in [-0.15, -0.1) is 0 Å². The van der Waals surface area contributed by atoms with Crippen molar-refractivity contribution in [3.05, 3.63) is 64.4 Å². The van der Waals surface area contributed by atoms with Crippen LogP contribution in [0.5, 0.6) is 0 Å². The molecule has 20 heavy (non-hydrogen) atoms. The molecule has 2 rings (SSSR count). The van der Waals surface area contributed by atoms with Gasteiger partial charge in [0.15, 0.2) is 0 Å². The number of benzene rings is 2. The first-order valence-corrected chi connectivity index (χ1v) is 6.42. The summed E-state index contributed by atoms with van der Waals surface area (Å²) in [5.41, 5.74) is 6.85. The van der Waals surface area contributed by atoms with Gasteiger partial charge < -0.3 is 11.1 Å². The lowest BCUT2D eigenvalue weighted by atomic mass is 10.1. The fraction of sp³-hybridized carbons (Fsp3) is 0. The van der Waals surface area contributed by atoms with Gasteiger partial charge in [0, 0.05) is 16.8 Å². The lowest BCUT2D eigenvalue weighted by Crippen LogP contribution is -2.14. The Morgan fingerprint density at radius 1 is 1.20 bits per heavy atom. The predicted molar refractivity (Wildman–Crippen MR) is 81.7 cm³/mol. The van der Waals surface area contributed by atoms with Crippen molar-refractivity contribution in [1.82, 2.24) is 0 Å². The van der Waals surface area contributed by atoms with Gasteiger partial charge >= 0.3 is 0 Å². The molecule has 0 aliphatic carbocycles. The van der Waals surface area contributed by atoms with Gasteiger partial charge in [0.25, 0.3) is 5.91 Å². The maximum Gasteiger partial charge on any atom is 0.255 e. The van der Waals surface area contributed by atoms with Crippen LogP contribution in [0.15, 0.2) is 42.5 Å². The number of nitrogens with one attached hydrogen (secondary N) is 1. The standard InChI is InChI=1S/C14H10ClFN2OS/c15-11-5-4-9(7-12(11)16)14(19)18-10-3-1-2-8(6-10)13(17)20/h1-7H,(H2,17,20)(H,18,19). The molecule has 0 aromatic heterocycles. The lowest BCUT2D eigenvalue weighted by molar-refractivity contribution is 0.102. The number of nitrogens with two attached hydrogens (primary N) is 1. The molecule has 0 atom stereocenters. The summed E-state index contributed by atoms with van der Waals surface area (Å²) in [6, 6.07) is 10.6. The molecule has 3 nitrogen and oxygen atoms in total. The van der Waals surface area contributed by atoms with Crippen LogP contribution in [0.4, 0.5) is 10.1 Å². The highest BCUT2D eigenvalue weighted by molar-refractivity contribution is 7.80. The Bertz CT molecular complexity index is 691. The first kappa shape index (κ1) is 14.4. The van der Waals surface area contributed by atoms with Crippen LogP contribution < -0.4 is 11.1 Å². The maximum atomic E-state index is 13.3. The van der Waals surface area contributed by atoms with E-state index in [1.54, 1.807) is 24.3 Å². The van der Waals surface area contributed by atoms with Gasteiger partial charge in [-0.3, -0.25) is 4.79 Å². The van der Waals surface area contributed by atoms with E-state index in [-0.39, 0.29) is 15.6 Å². The second-order valence-electron chi connectivity index (χ2n) is 4.03. The zero-order valence-electron chi connectivity index (χ0n) is 10.2. The largest absolute Gasteiger partial charge is 0.389 e. The van der Waals surface area contributed by atoms with Crippen molar-refractivity contribution in [2.45, 2.75) is 0 Å². The van der Waals surface area contributed by atoms with Gasteiger partial charge in [-0.1, -0.05) is 36.0 Å². The summed E-state index contributed by atoms with van der Waals surface area (Å²) in [4.78, 5) is 12.2. The third-order valence-corrected chi connectivity index (χ3v) is 3.13. The molecule has 1 amide bonds. The summed E-state index contributed by atoms with van der Waals surface area (Å²) in [6.07, 6.45) is 0. The second kappa shape index (κ2) is 5.98. The Labute approximate surface area is 125 Å². The smallest absolute Gasteiger partial charge is 0.255 e. The Balaban J connectivity index is 2.21. The van der Waals surface area contributed by atoms with Gasteiger partial charge in [0.2, 0.25) is 0 Å². The molecule has 0 saturated carbocycles. The highest BCUT2D eigenvalue weighted by Gasteiger charge is 2.09. The molecule has 2 aromatic carbocycles. The van der Waals surface area contributed by atoms with Gasteiger partial charge in [-0.25, -0.2) is 4.39 Å². The summed E-state index contributed by atoms with van der Waals surface area (Å²) in [5.74, 6) is -1.09. The fourth-order valence-electron chi connectivity index (χ4n) is 1.59. The zero-order valence-corrected chi connectivity index (χ0v) is 11.8. The summed E-state index contributed by atoms with van der Waals surface area (Å²) >= 11 is 10.4. The predicted octanol–water partition coefficient (Wildman–Crippen LogP) is 3.37. The van der Waals surface area contributed by atoms with Crippen LogP contribution in [0.3, 0.4) is 0 Å². The van der Waals surface area contributed by atoms with Gasteiger partial charge in [-0.2, -0.15) is 0 Å². The molecule has 0 fully saturated rings. The van der Waals surface area contributed by atoms with Crippen LogP contribution in [-0.2, 0) is 0 Å². The summed E-state index contributed by atoms with van der Waals surface area (Å²) in [5, 5.41) is 2.61. The van der Waals surface area contributed by atoms with Crippen LogP contribution >= 0.6 is 23.8 Å². The van der Waals surface area contributed by atoms with Gasteiger partial charge in [-0.05, 0) is 30.3 Å². The average molecular weight is 309 g/mol. The minimum Gasteiger partial charge on any atom is -0.389 e. The highest BCUT2D eigenvalue weighted by Crippen LogP contribution is 2.17. The molecule has 102 valence electrons. The Morgan fingerprint density at radius 2 is 1.95 bits per heavy atom. The second-order valence-corrected chi connectivity index (χ2v) is 4.88. The number of halogens is 2. The number of carbonyl (C=O) groups excluding carboxylic acids is 1. The molecule has 0 bridgehead atoms. The number of rotatable bonds is 3. The molecular formula is C14H10ClFN2OS. The van der Waals surface area contributed by atoms with Crippen molar-refractivity contribution in [2.75, 3.05) is 5.32 Å². The third-order valence-electron chi connectivity index (χ3n) is 2.59. The quantitative estimate of drug-likeness (QED) is 0.855.